The number of pyridine rings is 1. The fourth-order valence-corrected chi connectivity index (χ4v) is 1.84. The fraction of sp³-hybridized carbons (Fsp3) is 0.267. The Morgan fingerprint density at radius 2 is 1.80 bits per heavy atom. The number of rotatable bonds is 4. The van der Waals surface area contributed by atoms with Gasteiger partial charge in [0, 0.05) is 6.20 Å². The first kappa shape index (κ1) is 14.4. The maximum absolute atomic E-state index is 13.2. The Kier molecular flexibility index (Phi) is 4.29. The molecule has 20 heavy (non-hydrogen) atoms. The minimum Gasteiger partial charge on any atom is -0.489 e. The zero-order valence-corrected chi connectivity index (χ0v) is 11.3. The van der Waals surface area contributed by atoms with Crippen molar-refractivity contribution in [2.24, 2.45) is 5.73 Å². The van der Waals surface area contributed by atoms with Crippen molar-refractivity contribution in [3.8, 4) is 5.75 Å². The van der Waals surface area contributed by atoms with Crippen molar-refractivity contribution in [3.63, 3.8) is 0 Å². The van der Waals surface area contributed by atoms with E-state index in [1.807, 2.05) is 13.8 Å². The van der Waals surface area contributed by atoms with Crippen LogP contribution >= 0.6 is 0 Å². The predicted molar refractivity (Wildman–Crippen MR) is 72.4 cm³/mol. The van der Waals surface area contributed by atoms with Crippen molar-refractivity contribution in [2.75, 3.05) is 0 Å². The summed E-state index contributed by atoms with van der Waals surface area (Å²) < 4.78 is 31.7. The molecule has 1 heterocycles. The number of nitrogens with zero attached hydrogens (tertiary/aromatic N) is 1. The average Bonchev–Trinajstić information content (AvgIpc) is 2.40. The van der Waals surface area contributed by atoms with Crippen molar-refractivity contribution in [1.82, 2.24) is 4.98 Å². The molecule has 0 radical (unpaired) electrons. The third-order valence-electron chi connectivity index (χ3n) is 2.77. The molecule has 1 aromatic heterocycles. The molecule has 0 spiro atoms. The van der Waals surface area contributed by atoms with Crippen LogP contribution in [0.25, 0.3) is 0 Å². The zero-order valence-electron chi connectivity index (χ0n) is 11.3. The van der Waals surface area contributed by atoms with Gasteiger partial charge >= 0.3 is 0 Å². The second kappa shape index (κ2) is 5.96. The Morgan fingerprint density at radius 3 is 2.45 bits per heavy atom. The molecular weight excluding hydrogens is 262 g/mol. The van der Waals surface area contributed by atoms with E-state index >= 15 is 0 Å². The highest BCUT2D eigenvalue weighted by Gasteiger charge is 2.13. The van der Waals surface area contributed by atoms with Crippen LogP contribution in [-0.4, -0.2) is 11.1 Å². The molecule has 1 aromatic carbocycles. The zero-order chi connectivity index (χ0) is 14.7. The van der Waals surface area contributed by atoms with E-state index in [0.717, 1.165) is 12.1 Å². The molecule has 0 aliphatic heterocycles. The lowest BCUT2D eigenvalue weighted by molar-refractivity contribution is 0.241. The molecule has 0 bridgehead atoms. The van der Waals surface area contributed by atoms with E-state index in [0.29, 0.717) is 16.9 Å². The molecule has 0 aliphatic rings. The van der Waals surface area contributed by atoms with E-state index in [9.17, 15) is 8.78 Å². The van der Waals surface area contributed by atoms with Gasteiger partial charge in [-0.1, -0.05) is 6.07 Å². The summed E-state index contributed by atoms with van der Waals surface area (Å²) in [6, 6.07) is 4.77. The third-order valence-corrected chi connectivity index (χ3v) is 2.77. The third kappa shape index (κ3) is 3.30. The Labute approximate surface area is 116 Å². The van der Waals surface area contributed by atoms with Crippen molar-refractivity contribution in [2.45, 2.75) is 26.0 Å². The number of aromatic nitrogens is 1. The molecule has 2 N–H and O–H groups in total. The Bertz CT molecular complexity index is 602. The quantitative estimate of drug-likeness (QED) is 0.934. The number of hydrogen-bond donors (Lipinski definition) is 1. The largest absolute Gasteiger partial charge is 0.489 e. The van der Waals surface area contributed by atoms with Crippen LogP contribution in [0.3, 0.4) is 0 Å². The topological polar surface area (TPSA) is 48.1 Å². The second-order valence-corrected chi connectivity index (χ2v) is 4.77. The Morgan fingerprint density at radius 1 is 1.05 bits per heavy atom. The van der Waals surface area contributed by atoms with Crippen LogP contribution in [0, 0.1) is 11.6 Å². The first-order chi connectivity index (χ1) is 9.47. The van der Waals surface area contributed by atoms with Gasteiger partial charge < -0.3 is 10.5 Å². The Balaban J connectivity index is 2.28. The van der Waals surface area contributed by atoms with E-state index in [4.69, 9.17) is 10.5 Å². The first-order valence-electron chi connectivity index (χ1n) is 6.29. The van der Waals surface area contributed by atoms with Crippen molar-refractivity contribution < 1.29 is 13.5 Å². The molecule has 0 amide bonds. The molecule has 0 saturated heterocycles. The molecular formula is C15H16F2N2O. The minimum atomic E-state index is -0.916. The lowest BCUT2D eigenvalue weighted by Crippen LogP contribution is -2.13. The Hall–Kier alpha value is -2.01. The van der Waals surface area contributed by atoms with Gasteiger partial charge in [-0.05, 0) is 43.2 Å². The monoisotopic (exact) mass is 278 g/mol. The summed E-state index contributed by atoms with van der Waals surface area (Å²) in [5.74, 6) is -1.22. The van der Waals surface area contributed by atoms with E-state index in [1.54, 1.807) is 18.5 Å². The van der Waals surface area contributed by atoms with Crippen LogP contribution < -0.4 is 10.5 Å². The van der Waals surface area contributed by atoms with Gasteiger partial charge in [-0.25, -0.2) is 8.78 Å². The lowest BCUT2D eigenvalue weighted by atomic mass is 10.0. The molecule has 2 rings (SSSR count). The summed E-state index contributed by atoms with van der Waals surface area (Å²) in [6.45, 7) is 3.81. The number of ether oxygens (including phenoxy) is 1. The highest BCUT2D eigenvalue weighted by atomic mass is 19.2. The number of halogens is 2. The summed E-state index contributed by atoms with van der Waals surface area (Å²) in [5, 5.41) is 0. The summed E-state index contributed by atoms with van der Waals surface area (Å²) in [4.78, 5) is 4.05. The van der Waals surface area contributed by atoms with E-state index < -0.39 is 17.7 Å². The van der Waals surface area contributed by atoms with Crippen molar-refractivity contribution in [3.05, 3.63) is 59.4 Å². The van der Waals surface area contributed by atoms with Gasteiger partial charge in [-0.2, -0.15) is 0 Å². The van der Waals surface area contributed by atoms with Crippen molar-refractivity contribution >= 4 is 0 Å². The smallest absolute Gasteiger partial charge is 0.159 e. The van der Waals surface area contributed by atoms with Crippen LogP contribution in [-0.2, 0) is 0 Å². The van der Waals surface area contributed by atoms with Gasteiger partial charge in [-0.3, -0.25) is 4.98 Å². The maximum atomic E-state index is 13.2. The molecule has 3 nitrogen and oxygen atoms in total. The molecule has 0 fully saturated rings. The fourth-order valence-electron chi connectivity index (χ4n) is 1.84. The van der Waals surface area contributed by atoms with Gasteiger partial charge in [-0.15, -0.1) is 0 Å². The van der Waals surface area contributed by atoms with E-state index in [1.165, 1.54) is 6.07 Å². The highest BCUT2D eigenvalue weighted by molar-refractivity contribution is 5.34. The summed E-state index contributed by atoms with van der Waals surface area (Å²) in [5.41, 5.74) is 7.20. The molecule has 1 unspecified atom stereocenters. The summed E-state index contributed by atoms with van der Waals surface area (Å²) in [7, 11) is 0. The molecule has 106 valence electrons. The van der Waals surface area contributed by atoms with Crippen LogP contribution in [0.4, 0.5) is 8.78 Å². The van der Waals surface area contributed by atoms with Gasteiger partial charge in [0.1, 0.15) is 5.75 Å². The molecule has 5 heteroatoms. The summed E-state index contributed by atoms with van der Waals surface area (Å²) >= 11 is 0. The van der Waals surface area contributed by atoms with Crippen molar-refractivity contribution in [1.29, 1.82) is 0 Å². The SMILES string of the molecule is CC(C)Oc1cncc(C(N)c2ccc(F)c(F)c2)c1. The second-order valence-electron chi connectivity index (χ2n) is 4.77. The van der Waals surface area contributed by atoms with Crippen LogP contribution in [0.5, 0.6) is 5.75 Å². The molecule has 0 saturated carbocycles. The number of nitrogens with two attached hydrogens (primary N) is 1. The highest BCUT2D eigenvalue weighted by Crippen LogP contribution is 2.23. The predicted octanol–water partition coefficient (Wildman–Crippen LogP) is 3.20. The van der Waals surface area contributed by atoms with Gasteiger partial charge in [0.15, 0.2) is 11.6 Å². The molecule has 0 aliphatic carbocycles. The number of benzene rings is 1. The van der Waals surface area contributed by atoms with Crippen LogP contribution in [0.1, 0.15) is 31.0 Å². The normalized spacial score (nSPS) is 12.5. The van der Waals surface area contributed by atoms with Gasteiger partial charge in [0.05, 0.1) is 18.3 Å². The minimum absolute atomic E-state index is 0.0199. The maximum Gasteiger partial charge on any atom is 0.159 e. The van der Waals surface area contributed by atoms with E-state index in [-0.39, 0.29) is 6.10 Å². The van der Waals surface area contributed by atoms with Crippen LogP contribution in [0.2, 0.25) is 0 Å². The summed E-state index contributed by atoms with van der Waals surface area (Å²) in [6.07, 6.45) is 3.19. The van der Waals surface area contributed by atoms with Crippen LogP contribution in [0.15, 0.2) is 36.7 Å². The molecule has 2 aromatic rings. The first-order valence-corrected chi connectivity index (χ1v) is 6.29. The standard InChI is InChI=1S/C15H16F2N2O/c1-9(2)20-12-5-11(7-19-8-12)15(18)10-3-4-13(16)14(17)6-10/h3-9,15H,18H2,1-2H3. The van der Waals surface area contributed by atoms with Gasteiger partial charge in [0.25, 0.3) is 0 Å². The molecule has 1 atom stereocenters. The lowest BCUT2D eigenvalue weighted by Gasteiger charge is -2.15. The van der Waals surface area contributed by atoms with E-state index in [2.05, 4.69) is 4.98 Å². The average molecular weight is 278 g/mol. The number of hydrogen-bond acceptors (Lipinski definition) is 3. The van der Waals surface area contributed by atoms with Gasteiger partial charge in [0.2, 0.25) is 0 Å².